The highest BCUT2D eigenvalue weighted by atomic mass is 19.1. The molecule has 28 heavy (non-hydrogen) atoms. The van der Waals surface area contributed by atoms with E-state index < -0.39 is 5.97 Å². The van der Waals surface area contributed by atoms with Crippen LogP contribution in [0.15, 0.2) is 66.6 Å². The number of ether oxygens (including phenoxy) is 1. The second-order valence-electron chi connectivity index (χ2n) is 6.02. The van der Waals surface area contributed by atoms with Crippen molar-refractivity contribution >= 4 is 12.0 Å². The van der Waals surface area contributed by atoms with Crippen LogP contribution >= 0.6 is 0 Å². The van der Waals surface area contributed by atoms with Crippen LogP contribution in [0.1, 0.15) is 18.1 Å². The van der Waals surface area contributed by atoms with Crippen molar-refractivity contribution in [2.24, 2.45) is 0 Å². The Kier molecular flexibility index (Phi) is 5.97. The van der Waals surface area contributed by atoms with Gasteiger partial charge in [0.2, 0.25) is 0 Å². The van der Waals surface area contributed by atoms with Gasteiger partial charge in [-0.2, -0.15) is 5.26 Å². The molecule has 0 unspecified atom stereocenters. The minimum absolute atomic E-state index is 0.111. The number of nitrogens with zero attached hydrogens (tertiary/aromatic N) is 3. The van der Waals surface area contributed by atoms with Crippen LogP contribution in [0.2, 0.25) is 0 Å². The van der Waals surface area contributed by atoms with Gasteiger partial charge < -0.3 is 9.30 Å². The molecule has 5 nitrogen and oxygen atoms in total. The SMILES string of the molecule is CCOC(=O)/C(C#N)=C/c1cc(-c2ccccc2F)n(Cc2cccnc2)c1. The zero-order valence-electron chi connectivity index (χ0n) is 15.3. The van der Waals surface area contributed by atoms with E-state index in [2.05, 4.69) is 4.98 Å². The van der Waals surface area contributed by atoms with E-state index in [-0.39, 0.29) is 18.0 Å². The average Bonchev–Trinajstić information content (AvgIpc) is 3.09. The van der Waals surface area contributed by atoms with E-state index in [1.165, 1.54) is 12.1 Å². The van der Waals surface area contributed by atoms with Gasteiger partial charge in [0.05, 0.1) is 12.3 Å². The molecule has 2 heterocycles. The molecule has 0 saturated carbocycles. The molecule has 0 aliphatic rings. The van der Waals surface area contributed by atoms with E-state index >= 15 is 0 Å². The molecule has 0 radical (unpaired) electrons. The third-order valence-corrected chi connectivity index (χ3v) is 4.07. The molecule has 0 atom stereocenters. The smallest absolute Gasteiger partial charge is 0.348 e. The number of halogens is 1. The molecule has 0 aliphatic heterocycles. The van der Waals surface area contributed by atoms with Gasteiger partial charge in [-0.1, -0.05) is 18.2 Å². The fourth-order valence-electron chi connectivity index (χ4n) is 2.84. The summed E-state index contributed by atoms with van der Waals surface area (Å²) >= 11 is 0. The molecular formula is C22H18FN3O2. The van der Waals surface area contributed by atoms with Crippen LogP contribution in [0.4, 0.5) is 4.39 Å². The Labute approximate surface area is 162 Å². The van der Waals surface area contributed by atoms with Crippen LogP contribution in [-0.2, 0) is 16.1 Å². The molecule has 0 amide bonds. The lowest BCUT2D eigenvalue weighted by atomic mass is 10.1. The fraction of sp³-hybridized carbons (Fsp3) is 0.136. The molecule has 1 aromatic carbocycles. The molecule has 0 bridgehead atoms. The maximum atomic E-state index is 14.4. The summed E-state index contributed by atoms with van der Waals surface area (Å²) in [7, 11) is 0. The van der Waals surface area contributed by atoms with Gasteiger partial charge in [-0.25, -0.2) is 9.18 Å². The van der Waals surface area contributed by atoms with E-state index in [1.807, 2.05) is 22.8 Å². The lowest BCUT2D eigenvalue weighted by Gasteiger charge is -2.10. The number of hydrogen-bond donors (Lipinski definition) is 0. The molecule has 3 rings (SSSR count). The maximum Gasteiger partial charge on any atom is 0.348 e. The largest absolute Gasteiger partial charge is 0.462 e. The second-order valence-corrected chi connectivity index (χ2v) is 6.02. The number of benzene rings is 1. The Morgan fingerprint density at radius 1 is 1.32 bits per heavy atom. The highest BCUT2D eigenvalue weighted by Gasteiger charge is 2.14. The van der Waals surface area contributed by atoms with Crippen molar-refractivity contribution in [2.75, 3.05) is 6.61 Å². The van der Waals surface area contributed by atoms with Crippen molar-refractivity contribution < 1.29 is 13.9 Å². The van der Waals surface area contributed by atoms with Crippen molar-refractivity contribution in [2.45, 2.75) is 13.5 Å². The first-order chi connectivity index (χ1) is 13.6. The minimum atomic E-state index is -0.683. The lowest BCUT2D eigenvalue weighted by molar-refractivity contribution is -0.137. The van der Waals surface area contributed by atoms with Gasteiger partial charge in [0.15, 0.2) is 0 Å². The lowest BCUT2D eigenvalue weighted by Crippen LogP contribution is -2.05. The predicted molar refractivity (Wildman–Crippen MR) is 103 cm³/mol. The summed E-state index contributed by atoms with van der Waals surface area (Å²) in [6.07, 6.45) is 6.64. The van der Waals surface area contributed by atoms with Crippen LogP contribution in [0.3, 0.4) is 0 Å². The van der Waals surface area contributed by atoms with Gasteiger partial charge in [0.25, 0.3) is 0 Å². The highest BCUT2D eigenvalue weighted by Crippen LogP contribution is 2.27. The number of carbonyl (C=O) groups excluding carboxylic acids is 1. The van der Waals surface area contributed by atoms with Crippen LogP contribution in [0, 0.1) is 17.1 Å². The molecule has 0 fully saturated rings. The Morgan fingerprint density at radius 2 is 2.14 bits per heavy atom. The molecule has 0 spiro atoms. The maximum absolute atomic E-state index is 14.4. The Morgan fingerprint density at radius 3 is 2.82 bits per heavy atom. The summed E-state index contributed by atoms with van der Waals surface area (Å²) in [6, 6.07) is 13.8. The Bertz CT molecular complexity index is 1050. The van der Waals surface area contributed by atoms with Gasteiger partial charge in [-0.3, -0.25) is 4.98 Å². The quantitative estimate of drug-likeness (QED) is 0.368. The van der Waals surface area contributed by atoms with Crippen molar-refractivity contribution in [3.63, 3.8) is 0 Å². The van der Waals surface area contributed by atoms with Crippen LogP contribution < -0.4 is 0 Å². The molecule has 3 aromatic rings. The van der Waals surface area contributed by atoms with Crippen LogP contribution in [0.25, 0.3) is 17.3 Å². The first kappa shape index (κ1) is 19.1. The highest BCUT2D eigenvalue weighted by molar-refractivity contribution is 5.98. The summed E-state index contributed by atoms with van der Waals surface area (Å²) in [4.78, 5) is 16.0. The summed E-state index contributed by atoms with van der Waals surface area (Å²) in [5.74, 6) is -1.04. The van der Waals surface area contributed by atoms with Crippen molar-refractivity contribution in [3.8, 4) is 17.3 Å². The number of nitriles is 1. The van der Waals surface area contributed by atoms with E-state index in [0.717, 1.165) is 5.56 Å². The molecule has 6 heteroatoms. The molecule has 140 valence electrons. The summed E-state index contributed by atoms with van der Waals surface area (Å²) in [5, 5.41) is 9.26. The number of hydrogen-bond acceptors (Lipinski definition) is 4. The summed E-state index contributed by atoms with van der Waals surface area (Å²) < 4.78 is 21.2. The summed E-state index contributed by atoms with van der Waals surface area (Å²) in [5.41, 5.74) is 2.50. The molecule has 0 aliphatic carbocycles. The van der Waals surface area contributed by atoms with Crippen molar-refractivity contribution in [1.29, 1.82) is 5.26 Å². The third-order valence-electron chi connectivity index (χ3n) is 4.07. The molecular weight excluding hydrogens is 357 g/mol. The van der Waals surface area contributed by atoms with E-state index in [1.54, 1.807) is 49.8 Å². The van der Waals surface area contributed by atoms with Gasteiger partial charge in [0, 0.05) is 30.7 Å². The first-order valence-electron chi connectivity index (χ1n) is 8.75. The van der Waals surface area contributed by atoms with Crippen molar-refractivity contribution in [3.05, 3.63) is 83.6 Å². The van der Waals surface area contributed by atoms with Gasteiger partial charge in [0.1, 0.15) is 17.5 Å². The van der Waals surface area contributed by atoms with Crippen LogP contribution in [0.5, 0.6) is 0 Å². The monoisotopic (exact) mass is 375 g/mol. The fourth-order valence-corrected chi connectivity index (χ4v) is 2.84. The third kappa shape index (κ3) is 4.33. The van der Waals surface area contributed by atoms with Crippen LogP contribution in [-0.4, -0.2) is 22.1 Å². The van der Waals surface area contributed by atoms with Crippen molar-refractivity contribution in [1.82, 2.24) is 9.55 Å². The van der Waals surface area contributed by atoms with E-state index in [0.29, 0.717) is 23.4 Å². The first-order valence-corrected chi connectivity index (χ1v) is 8.75. The zero-order valence-corrected chi connectivity index (χ0v) is 15.3. The standard InChI is InChI=1S/C22H18FN3O2/c1-2-28-22(27)18(12-24)10-17-11-21(19-7-3-4-8-20(19)23)26(15-17)14-16-6-5-9-25-13-16/h3-11,13,15H,2,14H2,1H3/b18-10+. The Balaban J connectivity index is 2.06. The number of esters is 1. The predicted octanol–water partition coefficient (Wildman–Crippen LogP) is 4.21. The van der Waals surface area contributed by atoms with Gasteiger partial charge in [-0.05, 0) is 48.4 Å². The molecule has 2 aromatic heterocycles. The number of carbonyl (C=O) groups is 1. The van der Waals surface area contributed by atoms with E-state index in [4.69, 9.17) is 4.74 Å². The number of aromatic nitrogens is 2. The average molecular weight is 375 g/mol. The van der Waals surface area contributed by atoms with E-state index in [9.17, 15) is 14.4 Å². The van der Waals surface area contributed by atoms with Gasteiger partial charge >= 0.3 is 5.97 Å². The molecule has 0 N–H and O–H groups in total. The topological polar surface area (TPSA) is 67.9 Å². The van der Waals surface area contributed by atoms with Gasteiger partial charge in [-0.15, -0.1) is 0 Å². The normalized spacial score (nSPS) is 11.1. The Hall–Kier alpha value is -3.72. The summed E-state index contributed by atoms with van der Waals surface area (Å²) in [6.45, 7) is 2.32. The second kappa shape index (κ2) is 8.78. The number of pyridine rings is 1. The zero-order chi connectivity index (χ0) is 19.9. The number of rotatable bonds is 6. The molecule has 0 saturated heterocycles. The minimum Gasteiger partial charge on any atom is -0.462 e.